The van der Waals surface area contributed by atoms with Crippen LogP contribution in [0.2, 0.25) is 0 Å². The molecule has 1 amide bonds. The molecule has 0 fully saturated rings. The maximum atomic E-state index is 10.2. The highest BCUT2D eigenvalue weighted by molar-refractivity contribution is 5.49. The smallest absolute Gasteiger partial charge is 0.211 e. The quantitative estimate of drug-likeness (QED) is 0.489. The molecular weight excluding hydrogens is 200 g/mol. The molecule has 0 spiro atoms. The summed E-state index contributed by atoms with van der Waals surface area (Å²) in [5.74, 6) is 0. The van der Waals surface area contributed by atoms with Crippen LogP contribution in [0.25, 0.3) is 0 Å². The summed E-state index contributed by atoms with van der Waals surface area (Å²) in [6, 6.07) is 0. The third kappa shape index (κ3) is 7.85. The number of carbonyl (C=O) groups is 1. The second kappa shape index (κ2) is 10.0. The van der Waals surface area contributed by atoms with Crippen LogP contribution in [0.1, 0.15) is 33.1 Å². The Morgan fingerprint density at radius 1 is 1.31 bits per heavy atom. The van der Waals surface area contributed by atoms with Crippen molar-refractivity contribution in [1.29, 1.82) is 0 Å². The fourth-order valence-corrected chi connectivity index (χ4v) is 1.23. The van der Waals surface area contributed by atoms with Gasteiger partial charge in [-0.15, -0.1) is 0 Å². The highest BCUT2D eigenvalue weighted by Gasteiger charge is 1.92. The number of allylic oxidation sites excluding steroid dienone is 5. The van der Waals surface area contributed by atoms with Crippen LogP contribution in [0.15, 0.2) is 35.7 Å². The molecule has 0 aromatic heterocycles. The Labute approximate surface area is 98.3 Å². The van der Waals surface area contributed by atoms with Gasteiger partial charge in [0.15, 0.2) is 0 Å². The number of amides is 1. The molecule has 0 aliphatic carbocycles. The van der Waals surface area contributed by atoms with Crippen molar-refractivity contribution in [2.24, 2.45) is 0 Å². The van der Waals surface area contributed by atoms with E-state index < -0.39 is 0 Å². The Bertz CT molecular complexity index is 278. The van der Waals surface area contributed by atoms with Gasteiger partial charge < -0.3 is 10.6 Å². The number of nitrogens with one attached hydrogen (secondary N) is 2. The molecule has 0 atom stereocenters. The van der Waals surface area contributed by atoms with Crippen molar-refractivity contribution < 1.29 is 4.79 Å². The summed E-state index contributed by atoms with van der Waals surface area (Å²) < 4.78 is 0. The van der Waals surface area contributed by atoms with Gasteiger partial charge in [0, 0.05) is 12.7 Å². The average molecular weight is 222 g/mol. The Hall–Kier alpha value is -1.51. The molecule has 0 aromatic rings. The molecule has 3 nitrogen and oxygen atoms in total. The molecule has 16 heavy (non-hydrogen) atoms. The lowest BCUT2D eigenvalue weighted by Gasteiger charge is -2.02. The van der Waals surface area contributed by atoms with Gasteiger partial charge in [-0.1, -0.05) is 30.7 Å². The van der Waals surface area contributed by atoms with Crippen LogP contribution < -0.4 is 10.6 Å². The molecule has 0 saturated carbocycles. The Kier molecular flexibility index (Phi) is 9.08. The van der Waals surface area contributed by atoms with Crippen molar-refractivity contribution in [3.05, 3.63) is 35.7 Å². The van der Waals surface area contributed by atoms with Crippen LogP contribution in [-0.2, 0) is 4.79 Å². The van der Waals surface area contributed by atoms with Crippen molar-refractivity contribution in [3.8, 4) is 0 Å². The largest absolute Gasteiger partial charge is 0.394 e. The maximum Gasteiger partial charge on any atom is 0.211 e. The molecule has 0 bridgehead atoms. The minimum atomic E-state index is 0.705. The molecule has 0 heterocycles. The van der Waals surface area contributed by atoms with E-state index in [9.17, 15) is 4.79 Å². The Balaban J connectivity index is 4.13. The molecule has 3 heteroatoms. The van der Waals surface area contributed by atoms with Gasteiger partial charge in [0.2, 0.25) is 6.41 Å². The minimum absolute atomic E-state index is 0.705. The average Bonchev–Trinajstić information content (AvgIpc) is 2.28. The van der Waals surface area contributed by atoms with E-state index in [0.717, 1.165) is 25.0 Å². The van der Waals surface area contributed by atoms with E-state index >= 15 is 0 Å². The predicted octanol–water partition coefficient (Wildman–Crippen LogP) is 2.49. The Morgan fingerprint density at radius 2 is 2.06 bits per heavy atom. The van der Waals surface area contributed by atoms with Crippen LogP contribution in [0.5, 0.6) is 0 Å². The van der Waals surface area contributed by atoms with Gasteiger partial charge >= 0.3 is 0 Å². The summed E-state index contributed by atoms with van der Waals surface area (Å²) in [7, 11) is 1.89. The standard InChI is InChI=1S/C13H22N2O/c1-4-13(7-5-6-10-14-3)9-8-12(2)15-11-16/h6-8,10-11,14H,4-5,9H2,1-3H3,(H,15,16)/b10-6-,12-8+,13-7+. The van der Waals surface area contributed by atoms with Crippen LogP contribution in [-0.4, -0.2) is 13.5 Å². The van der Waals surface area contributed by atoms with Gasteiger partial charge in [0.25, 0.3) is 0 Å². The summed E-state index contributed by atoms with van der Waals surface area (Å²) in [4.78, 5) is 10.2. The van der Waals surface area contributed by atoms with Gasteiger partial charge in [-0.2, -0.15) is 0 Å². The topological polar surface area (TPSA) is 41.1 Å². The zero-order chi connectivity index (χ0) is 12.2. The molecule has 0 unspecified atom stereocenters. The van der Waals surface area contributed by atoms with E-state index in [1.807, 2.05) is 26.2 Å². The first kappa shape index (κ1) is 14.5. The summed E-state index contributed by atoms with van der Waals surface area (Å²) >= 11 is 0. The van der Waals surface area contributed by atoms with Crippen LogP contribution in [0, 0.1) is 0 Å². The van der Waals surface area contributed by atoms with E-state index in [4.69, 9.17) is 0 Å². The van der Waals surface area contributed by atoms with Gasteiger partial charge in [-0.25, -0.2) is 0 Å². The molecule has 0 radical (unpaired) electrons. The first-order chi connectivity index (χ1) is 7.74. The van der Waals surface area contributed by atoms with Crippen LogP contribution in [0.3, 0.4) is 0 Å². The highest BCUT2D eigenvalue weighted by Crippen LogP contribution is 2.09. The van der Waals surface area contributed by atoms with Crippen LogP contribution >= 0.6 is 0 Å². The third-order valence-electron chi connectivity index (χ3n) is 2.24. The van der Waals surface area contributed by atoms with E-state index in [0.29, 0.717) is 6.41 Å². The highest BCUT2D eigenvalue weighted by atomic mass is 16.1. The zero-order valence-corrected chi connectivity index (χ0v) is 10.4. The molecule has 0 aromatic carbocycles. The predicted molar refractivity (Wildman–Crippen MR) is 68.8 cm³/mol. The lowest BCUT2D eigenvalue weighted by molar-refractivity contribution is -0.108. The van der Waals surface area contributed by atoms with Crippen molar-refractivity contribution in [1.82, 2.24) is 10.6 Å². The summed E-state index contributed by atoms with van der Waals surface area (Å²) in [5, 5.41) is 5.59. The minimum Gasteiger partial charge on any atom is -0.394 e. The molecular formula is C13H22N2O. The second-order valence-electron chi connectivity index (χ2n) is 3.50. The molecule has 0 aliphatic heterocycles. The van der Waals surface area contributed by atoms with Crippen molar-refractivity contribution >= 4 is 6.41 Å². The van der Waals surface area contributed by atoms with Gasteiger partial charge in [-0.3, -0.25) is 4.79 Å². The van der Waals surface area contributed by atoms with E-state index in [1.165, 1.54) is 5.57 Å². The third-order valence-corrected chi connectivity index (χ3v) is 2.24. The fourth-order valence-electron chi connectivity index (χ4n) is 1.23. The molecule has 0 aliphatic rings. The van der Waals surface area contributed by atoms with Gasteiger partial charge in [0.05, 0.1) is 0 Å². The second-order valence-corrected chi connectivity index (χ2v) is 3.50. The first-order valence-electron chi connectivity index (χ1n) is 5.61. The lowest BCUT2D eigenvalue weighted by Crippen LogP contribution is -2.06. The normalized spacial score (nSPS) is 12.9. The monoisotopic (exact) mass is 222 g/mol. The van der Waals surface area contributed by atoms with Crippen molar-refractivity contribution in [2.45, 2.75) is 33.1 Å². The van der Waals surface area contributed by atoms with Gasteiger partial charge in [0.1, 0.15) is 0 Å². The Morgan fingerprint density at radius 3 is 2.62 bits per heavy atom. The van der Waals surface area contributed by atoms with Gasteiger partial charge in [-0.05, 0) is 32.4 Å². The first-order valence-corrected chi connectivity index (χ1v) is 5.61. The number of rotatable bonds is 8. The van der Waals surface area contributed by atoms with E-state index in [-0.39, 0.29) is 0 Å². The van der Waals surface area contributed by atoms with Crippen LogP contribution in [0.4, 0.5) is 0 Å². The summed E-state index contributed by atoms with van der Waals surface area (Å²) in [6.07, 6.45) is 11.8. The van der Waals surface area contributed by atoms with E-state index in [1.54, 1.807) is 0 Å². The molecule has 2 N–H and O–H groups in total. The SMILES string of the molecule is CC/C(=C\C/C=C\NC)C/C=C(\C)NC=O. The molecule has 0 saturated heterocycles. The zero-order valence-electron chi connectivity index (χ0n) is 10.4. The summed E-state index contributed by atoms with van der Waals surface area (Å²) in [5.41, 5.74) is 2.29. The fraction of sp³-hybridized carbons (Fsp3) is 0.462. The van der Waals surface area contributed by atoms with E-state index in [2.05, 4.69) is 29.7 Å². The lowest BCUT2D eigenvalue weighted by atomic mass is 10.1. The van der Waals surface area contributed by atoms with Crippen molar-refractivity contribution in [2.75, 3.05) is 7.05 Å². The molecule has 0 rings (SSSR count). The molecule has 90 valence electrons. The van der Waals surface area contributed by atoms with Crippen molar-refractivity contribution in [3.63, 3.8) is 0 Å². The number of hydrogen-bond acceptors (Lipinski definition) is 2. The maximum absolute atomic E-state index is 10.2. The summed E-state index contributed by atoms with van der Waals surface area (Å²) in [6.45, 7) is 4.03. The number of hydrogen-bond donors (Lipinski definition) is 2. The number of carbonyl (C=O) groups excluding carboxylic acids is 1.